The molecule has 0 aromatic heterocycles. The molecule has 0 spiro atoms. The Balaban J connectivity index is 3.56. The molecule has 0 aliphatic heterocycles. The third-order valence-corrected chi connectivity index (χ3v) is 14.1. The molecule has 1 aromatic carbocycles. The van der Waals surface area contributed by atoms with Crippen molar-refractivity contribution in [3.8, 4) is 0 Å². The lowest BCUT2D eigenvalue weighted by atomic mass is 9.96. The molecule has 23 N–H and O–H groups in total. The Morgan fingerprint density at radius 1 is 0.500 bits per heavy atom. The van der Waals surface area contributed by atoms with Gasteiger partial charge in [0.05, 0.1) is 6.04 Å². The molecule has 0 heterocycles. The Morgan fingerprint density at radius 3 is 1.35 bits per heavy atom. The Kier molecular flexibility index (Phi) is 36.1. The number of thioether (sulfide) groups is 1. The predicted octanol–water partition coefficient (Wildman–Crippen LogP) is -2.00. The zero-order valence-electron chi connectivity index (χ0n) is 49.0. The zero-order valence-corrected chi connectivity index (χ0v) is 49.8. The number of nitrogens with zero attached hydrogens (tertiary/aromatic N) is 2. The molecule has 1 rings (SSSR count). The zero-order chi connectivity index (χ0) is 61.9. The van der Waals surface area contributed by atoms with Gasteiger partial charge in [-0.25, -0.2) is 4.79 Å². The van der Waals surface area contributed by atoms with Crippen LogP contribution in [0.2, 0.25) is 0 Å². The van der Waals surface area contributed by atoms with Crippen molar-refractivity contribution in [2.45, 2.75) is 179 Å². The van der Waals surface area contributed by atoms with Gasteiger partial charge < -0.3 is 87.8 Å². The van der Waals surface area contributed by atoms with Gasteiger partial charge in [-0.15, -0.1) is 0 Å². The van der Waals surface area contributed by atoms with Gasteiger partial charge >= 0.3 is 5.97 Å². The first-order valence-corrected chi connectivity index (χ1v) is 29.7. The van der Waals surface area contributed by atoms with E-state index in [-0.39, 0.29) is 76.5 Å². The fourth-order valence-corrected chi connectivity index (χ4v) is 8.84. The summed E-state index contributed by atoms with van der Waals surface area (Å²) in [6.07, 6.45) is 5.11. The first-order chi connectivity index (χ1) is 38.8. The molecule has 0 unspecified atom stereocenters. The molecule has 0 aliphatic rings. The fraction of sp³-hybridized carbons (Fsp3) is 0.685. The van der Waals surface area contributed by atoms with Crippen molar-refractivity contribution < 1.29 is 48.3 Å². The van der Waals surface area contributed by atoms with Gasteiger partial charge in [-0.2, -0.15) is 11.8 Å². The molecular formula is C54H97N17O10S. The minimum Gasteiger partial charge on any atom is -0.480 e. The van der Waals surface area contributed by atoms with Crippen molar-refractivity contribution in [3.63, 3.8) is 0 Å². The van der Waals surface area contributed by atoms with E-state index in [1.165, 1.54) is 11.8 Å². The third kappa shape index (κ3) is 28.8. The van der Waals surface area contributed by atoms with Crippen LogP contribution in [-0.4, -0.2) is 163 Å². The number of hydrogen-bond donors (Lipinski definition) is 16. The summed E-state index contributed by atoms with van der Waals surface area (Å²) in [4.78, 5) is 133. The molecule has 0 radical (unpaired) electrons. The highest BCUT2D eigenvalue weighted by molar-refractivity contribution is 7.98. The first-order valence-electron chi connectivity index (χ1n) is 28.3. The summed E-state index contributed by atoms with van der Waals surface area (Å²) in [6, 6.07) is -2.03. The number of unbranched alkanes of at least 4 members (excludes halogenated alkanes) is 2. The van der Waals surface area contributed by atoms with Crippen LogP contribution in [0.25, 0.3) is 0 Å². The molecule has 82 heavy (non-hydrogen) atoms. The lowest BCUT2D eigenvalue weighted by Crippen LogP contribution is -2.62. The summed E-state index contributed by atoms with van der Waals surface area (Å²) in [5.74, 6) is -8.42. The number of carbonyl (C=O) groups is 9. The summed E-state index contributed by atoms with van der Waals surface area (Å²) >= 11 is 1.40. The van der Waals surface area contributed by atoms with Crippen molar-refractivity contribution in [1.29, 1.82) is 0 Å². The molecule has 28 heteroatoms. The van der Waals surface area contributed by atoms with Crippen LogP contribution in [0, 0.1) is 17.8 Å². The number of nitrogens with two attached hydrogens (primary N) is 7. The molecule has 10 atom stereocenters. The van der Waals surface area contributed by atoms with Crippen LogP contribution in [0.5, 0.6) is 0 Å². The minimum absolute atomic E-state index is 0.00695. The second-order valence-electron chi connectivity index (χ2n) is 21.0. The normalized spacial score (nSPS) is 14.8. The number of carboxylic acid groups (broad SMARTS) is 1. The lowest BCUT2D eigenvalue weighted by molar-refractivity contribution is -0.142. The number of amides is 8. The number of aliphatic imine (C=N–C) groups is 2. The minimum atomic E-state index is -1.30. The van der Waals surface area contributed by atoms with Crippen LogP contribution in [0.15, 0.2) is 40.3 Å². The lowest BCUT2D eigenvalue weighted by Gasteiger charge is -2.30. The van der Waals surface area contributed by atoms with Crippen LogP contribution in [0.4, 0.5) is 0 Å². The quantitative estimate of drug-likeness (QED) is 0.0191. The van der Waals surface area contributed by atoms with Crippen molar-refractivity contribution in [2.75, 3.05) is 38.2 Å². The average molecular weight is 1180 g/mol. The summed E-state index contributed by atoms with van der Waals surface area (Å²) in [5.41, 5.74) is 40.1. The molecule has 0 saturated carbocycles. The van der Waals surface area contributed by atoms with Gasteiger partial charge in [0.25, 0.3) is 0 Å². The van der Waals surface area contributed by atoms with Gasteiger partial charge in [-0.3, -0.25) is 48.3 Å². The number of rotatable bonds is 42. The highest BCUT2D eigenvalue weighted by Crippen LogP contribution is 2.15. The van der Waals surface area contributed by atoms with Crippen LogP contribution in [-0.2, 0) is 49.6 Å². The molecule has 27 nitrogen and oxygen atoms in total. The van der Waals surface area contributed by atoms with Gasteiger partial charge in [0.2, 0.25) is 47.3 Å². The maximum atomic E-state index is 14.5. The largest absolute Gasteiger partial charge is 0.480 e. The van der Waals surface area contributed by atoms with Crippen molar-refractivity contribution >= 4 is 76.9 Å². The smallest absolute Gasteiger partial charge is 0.326 e. The molecule has 464 valence electrons. The Bertz CT molecular complexity index is 2220. The molecule has 8 amide bonds. The monoisotopic (exact) mass is 1180 g/mol. The Labute approximate surface area is 487 Å². The summed E-state index contributed by atoms with van der Waals surface area (Å²) < 4.78 is 0. The highest BCUT2D eigenvalue weighted by atomic mass is 32.2. The summed E-state index contributed by atoms with van der Waals surface area (Å²) in [7, 11) is 0. The van der Waals surface area contributed by atoms with E-state index in [0.717, 1.165) is 0 Å². The van der Waals surface area contributed by atoms with Crippen LogP contribution >= 0.6 is 11.8 Å². The highest BCUT2D eigenvalue weighted by Gasteiger charge is 2.37. The first kappa shape index (κ1) is 73.2. The van der Waals surface area contributed by atoms with Crippen LogP contribution in [0.3, 0.4) is 0 Å². The molecule has 0 bridgehead atoms. The molecule has 0 fully saturated rings. The Morgan fingerprint density at radius 2 is 0.890 bits per heavy atom. The SMILES string of the molecule is CC[C@H](C)[C@H](NC(=O)[C@H](CCCCN)NC(=O)[C@@H](NC(=O)[C@H](Cc1ccccc1)NC(=O)[C@@H](NC(=O)[C@@H](N)CCCN=C(N)N)C(C)C)C(C)C)C(=O)N[C@@H](CCCN=C(N)N)C(=O)N[C@@H](CCSC)C(=O)N[C@@H](CCCCN)C(=O)O. The molecule has 0 saturated heterocycles. The van der Waals surface area contributed by atoms with Crippen molar-refractivity contribution in [2.24, 2.45) is 67.9 Å². The summed E-state index contributed by atoms with van der Waals surface area (Å²) in [6.45, 7) is 11.3. The maximum absolute atomic E-state index is 14.5. The number of nitrogens with one attached hydrogen (secondary N) is 8. The third-order valence-electron chi connectivity index (χ3n) is 13.5. The van der Waals surface area contributed by atoms with Crippen molar-refractivity contribution in [1.82, 2.24) is 42.5 Å². The van der Waals surface area contributed by atoms with E-state index in [9.17, 15) is 48.3 Å². The summed E-state index contributed by atoms with van der Waals surface area (Å²) in [5, 5.41) is 31.7. The van der Waals surface area contributed by atoms with Crippen LogP contribution < -0.4 is 82.7 Å². The standard InChI is InChI=1S/C54H97N17O10S/c1-8-33(6)43(51(79)66-37(23-17-28-63-54(60)61)45(73)64-38(24-29-82-7)46(74)67-39(52(80)81)22-13-15-26-56)71-47(75)36(21-12-14-25-55)65-49(77)42(32(4)5)70-48(76)40(30-34-18-10-9-11-19-34)68-50(78)41(31(2)3)69-44(72)35(57)20-16-27-62-53(58)59/h9-11,18-19,31-33,35-43H,8,12-17,20-30,55-57H2,1-7H3,(H,64,73)(H,65,77)(H,66,79)(H,67,74)(H,68,78)(H,69,72)(H,70,76)(H,71,75)(H,80,81)(H4,58,59,62)(H4,60,61,63)/t33-,35-,36-,37-,38-,39-,40-,41-,42-,43-/m0/s1. The number of carboxylic acids is 1. The van der Waals surface area contributed by atoms with E-state index in [0.29, 0.717) is 56.4 Å². The van der Waals surface area contributed by atoms with Gasteiger partial charge in [-0.1, -0.05) is 78.3 Å². The van der Waals surface area contributed by atoms with Gasteiger partial charge in [0.15, 0.2) is 11.9 Å². The maximum Gasteiger partial charge on any atom is 0.326 e. The average Bonchev–Trinajstić information content (AvgIpc) is 3.53. The second kappa shape index (κ2) is 40.4. The van der Waals surface area contributed by atoms with E-state index >= 15 is 0 Å². The second-order valence-corrected chi connectivity index (χ2v) is 22.0. The molecule has 0 aliphatic carbocycles. The molecule has 1 aromatic rings. The number of hydrogen-bond acceptors (Lipinski definition) is 15. The van der Waals surface area contributed by atoms with E-state index in [1.807, 2.05) is 0 Å². The number of guanidine groups is 2. The van der Waals surface area contributed by atoms with E-state index in [2.05, 4.69) is 52.5 Å². The van der Waals surface area contributed by atoms with Gasteiger partial charge in [0.1, 0.15) is 48.3 Å². The topological polar surface area (TPSA) is 477 Å². The van der Waals surface area contributed by atoms with Gasteiger partial charge in [-0.05, 0) is 119 Å². The van der Waals surface area contributed by atoms with Crippen molar-refractivity contribution in [3.05, 3.63) is 35.9 Å². The fourth-order valence-electron chi connectivity index (χ4n) is 8.37. The van der Waals surface area contributed by atoms with E-state index in [1.54, 1.807) is 78.1 Å². The van der Waals surface area contributed by atoms with Crippen LogP contribution in [0.1, 0.15) is 124 Å². The van der Waals surface area contributed by atoms with Gasteiger partial charge in [0, 0.05) is 19.5 Å². The van der Waals surface area contributed by atoms with E-state index < -0.39 is 125 Å². The number of carbonyl (C=O) groups excluding carboxylic acids is 8. The predicted molar refractivity (Wildman–Crippen MR) is 319 cm³/mol. The Hall–Kier alpha value is -6.78. The number of aliphatic carboxylic acids is 1. The van der Waals surface area contributed by atoms with E-state index in [4.69, 9.17) is 40.1 Å². The number of benzene rings is 1. The molecular weight excluding hydrogens is 1080 g/mol.